The van der Waals surface area contributed by atoms with E-state index in [0.717, 1.165) is 49.7 Å². The number of hydrogen-bond donors (Lipinski definition) is 3. The molecule has 0 aliphatic heterocycles. The molecule has 3 aromatic rings. The highest BCUT2D eigenvalue weighted by molar-refractivity contribution is 5.85. The fraction of sp³-hybridized carbons (Fsp3) is 0.394. The topological polar surface area (TPSA) is 86.6 Å². The van der Waals surface area contributed by atoms with Gasteiger partial charge in [0.1, 0.15) is 0 Å². The van der Waals surface area contributed by atoms with Gasteiger partial charge in [0.15, 0.2) is 0 Å². The Morgan fingerprint density at radius 3 is 2.03 bits per heavy atom. The summed E-state index contributed by atoms with van der Waals surface area (Å²) in [5.41, 5.74) is 4.53. The molecular weight excluding hydrogens is 474 g/mol. The molecule has 1 fully saturated rings. The van der Waals surface area contributed by atoms with Gasteiger partial charge in [-0.15, -0.1) is 0 Å². The highest BCUT2D eigenvalue weighted by Crippen LogP contribution is 2.37. The van der Waals surface area contributed by atoms with E-state index in [2.05, 4.69) is 41.7 Å². The number of nitrogens with one attached hydrogen (secondary N) is 1. The number of aliphatic hydroxyl groups excluding tert-OH is 1. The minimum Gasteiger partial charge on any atom is -0.481 e. The molecule has 0 spiro atoms. The van der Waals surface area contributed by atoms with Crippen LogP contribution >= 0.6 is 0 Å². The van der Waals surface area contributed by atoms with Gasteiger partial charge >= 0.3 is 5.97 Å². The summed E-state index contributed by atoms with van der Waals surface area (Å²) in [4.78, 5) is 26.0. The Morgan fingerprint density at radius 1 is 0.816 bits per heavy atom. The van der Waals surface area contributed by atoms with E-state index in [1.54, 1.807) is 0 Å². The largest absolute Gasteiger partial charge is 0.481 e. The summed E-state index contributed by atoms with van der Waals surface area (Å²) in [6.07, 6.45) is 6.26. The smallest absolute Gasteiger partial charge is 0.307 e. The third-order valence-corrected chi connectivity index (χ3v) is 7.90. The van der Waals surface area contributed by atoms with Gasteiger partial charge in [-0.3, -0.25) is 9.59 Å². The molecule has 0 bridgehead atoms. The molecule has 1 saturated carbocycles. The molecule has 3 N–H and O–H groups in total. The maximum absolute atomic E-state index is 13.6. The van der Waals surface area contributed by atoms with Crippen LogP contribution in [0.3, 0.4) is 0 Å². The lowest BCUT2D eigenvalue weighted by Gasteiger charge is -2.29. The number of aliphatic carboxylic acids is 1. The average molecular weight is 514 g/mol. The first kappa shape index (κ1) is 27.6. The van der Waals surface area contributed by atoms with Crippen LogP contribution in [-0.4, -0.2) is 34.7 Å². The van der Waals surface area contributed by atoms with Crippen LogP contribution in [0.5, 0.6) is 0 Å². The number of carboxylic acid groups (broad SMARTS) is 1. The molecule has 0 saturated heterocycles. The van der Waals surface area contributed by atoms with Crippen LogP contribution in [0.4, 0.5) is 0 Å². The zero-order valence-electron chi connectivity index (χ0n) is 22.0. The third kappa shape index (κ3) is 7.55. The number of aliphatic hydroxyl groups is 1. The van der Waals surface area contributed by atoms with E-state index in [1.165, 1.54) is 11.1 Å². The number of carbonyl (C=O) groups excluding carboxylic acids is 1. The predicted molar refractivity (Wildman–Crippen MR) is 151 cm³/mol. The number of aryl methyl sites for hydroxylation is 1. The molecular formula is C33H39NO4. The molecule has 1 aliphatic carbocycles. The van der Waals surface area contributed by atoms with E-state index in [1.807, 2.05) is 48.5 Å². The Bertz CT molecular complexity index is 1140. The van der Waals surface area contributed by atoms with E-state index < -0.39 is 23.8 Å². The summed E-state index contributed by atoms with van der Waals surface area (Å²) in [6, 6.07) is 28.0. The van der Waals surface area contributed by atoms with Crippen LogP contribution in [0.1, 0.15) is 49.7 Å². The Kier molecular flexibility index (Phi) is 10.1. The SMILES string of the molecule is O=C(NC(CO)Cc1ccccc1)C(CCCc1ccc(-c2ccccc2)cc1)C(C(=O)O)C1CCCC1. The number of rotatable bonds is 13. The van der Waals surface area contributed by atoms with Crippen molar-refractivity contribution in [1.82, 2.24) is 5.32 Å². The molecule has 5 nitrogen and oxygen atoms in total. The van der Waals surface area contributed by atoms with Gasteiger partial charge in [0.2, 0.25) is 5.91 Å². The first-order chi connectivity index (χ1) is 18.5. The number of carboxylic acids is 1. The molecule has 0 heterocycles. The van der Waals surface area contributed by atoms with E-state index in [-0.39, 0.29) is 18.4 Å². The quantitative estimate of drug-likeness (QED) is 0.265. The molecule has 4 rings (SSSR count). The first-order valence-corrected chi connectivity index (χ1v) is 13.9. The molecule has 3 atom stereocenters. The molecule has 0 radical (unpaired) electrons. The van der Waals surface area contributed by atoms with E-state index >= 15 is 0 Å². The highest BCUT2D eigenvalue weighted by atomic mass is 16.4. The Balaban J connectivity index is 1.43. The zero-order chi connectivity index (χ0) is 26.7. The Labute approximate surface area is 225 Å². The van der Waals surface area contributed by atoms with Gasteiger partial charge in [-0.05, 0) is 66.7 Å². The average Bonchev–Trinajstić information content (AvgIpc) is 3.47. The van der Waals surface area contributed by atoms with Crippen LogP contribution in [0.15, 0.2) is 84.9 Å². The minimum absolute atomic E-state index is 0.0232. The number of hydrogen-bond acceptors (Lipinski definition) is 3. The van der Waals surface area contributed by atoms with E-state index in [4.69, 9.17) is 0 Å². The summed E-state index contributed by atoms with van der Waals surface area (Å²) >= 11 is 0. The monoisotopic (exact) mass is 513 g/mol. The lowest BCUT2D eigenvalue weighted by atomic mass is 9.77. The molecule has 1 amide bonds. The van der Waals surface area contributed by atoms with Gasteiger partial charge in [0.25, 0.3) is 0 Å². The summed E-state index contributed by atoms with van der Waals surface area (Å²) in [5.74, 6) is -2.43. The minimum atomic E-state index is -0.882. The van der Waals surface area contributed by atoms with Crippen molar-refractivity contribution in [3.8, 4) is 11.1 Å². The van der Waals surface area contributed by atoms with Gasteiger partial charge in [-0.1, -0.05) is 97.8 Å². The van der Waals surface area contributed by atoms with Crippen molar-refractivity contribution in [1.29, 1.82) is 0 Å². The van der Waals surface area contributed by atoms with E-state index in [0.29, 0.717) is 12.8 Å². The molecule has 0 aromatic heterocycles. The van der Waals surface area contributed by atoms with Crippen LogP contribution in [0, 0.1) is 17.8 Å². The van der Waals surface area contributed by atoms with Crippen LogP contribution in [0.25, 0.3) is 11.1 Å². The second kappa shape index (κ2) is 13.9. The highest BCUT2D eigenvalue weighted by Gasteiger charge is 2.40. The van der Waals surface area contributed by atoms with Crippen molar-refractivity contribution in [2.24, 2.45) is 17.8 Å². The lowest BCUT2D eigenvalue weighted by molar-refractivity contribution is -0.150. The predicted octanol–water partition coefficient (Wildman–Crippen LogP) is 5.90. The Morgan fingerprint density at radius 2 is 1.42 bits per heavy atom. The first-order valence-electron chi connectivity index (χ1n) is 13.9. The molecule has 3 unspecified atom stereocenters. The molecule has 3 aromatic carbocycles. The second-order valence-corrected chi connectivity index (χ2v) is 10.5. The van der Waals surface area contributed by atoms with Crippen molar-refractivity contribution in [2.75, 3.05) is 6.61 Å². The lowest BCUT2D eigenvalue weighted by Crippen LogP contribution is -2.46. The third-order valence-electron chi connectivity index (χ3n) is 7.90. The van der Waals surface area contributed by atoms with Crippen LogP contribution in [-0.2, 0) is 22.4 Å². The fourth-order valence-electron chi connectivity index (χ4n) is 5.88. The number of amides is 1. The van der Waals surface area contributed by atoms with Crippen LogP contribution in [0.2, 0.25) is 0 Å². The van der Waals surface area contributed by atoms with Crippen molar-refractivity contribution >= 4 is 11.9 Å². The van der Waals surface area contributed by atoms with Gasteiger partial charge in [-0.2, -0.15) is 0 Å². The maximum Gasteiger partial charge on any atom is 0.307 e. The van der Waals surface area contributed by atoms with Crippen molar-refractivity contribution in [3.05, 3.63) is 96.1 Å². The summed E-state index contributed by atoms with van der Waals surface area (Å²) in [6.45, 7) is -0.192. The number of benzene rings is 3. The number of carbonyl (C=O) groups is 2. The maximum atomic E-state index is 13.6. The van der Waals surface area contributed by atoms with Crippen LogP contribution < -0.4 is 5.32 Å². The molecule has 5 heteroatoms. The van der Waals surface area contributed by atoms with Gasteiger partial charge in [0.05, 0.1) is 24.5 Å². The van der Waals surface area contributed by atoms with E-state index in [9.17, 15) is 19.8 Å². The fourth-order valence-corrected chi connectivity index (χ4v) is 5.88. The van der Waals surface area contributed by atoms with Crippen molar-refractivity contribution in [2.45, 2.75) is 57.4 Å². The summed E-state index contributed by atoms with van der Waals surface area (Å²) < 4.78 is 0. The van der Waals surface area contributed by atoms with Gasteiger partial charge in [0, 0.05) is 0 Å². The Hall–Kier alpha value is -3.44. The van der Waals surface area contributed by atoms with Crippen molar-refractivity contribution in [3.63, 3.8) is 0 Å². The standard InChI is InChI=1S/C33H39NO4/c35-23-29(22-25-10-3-1-4-11-25)34-32(36)30(31(33(37)38)28-15-7-8-16-28)17-9-12-24-18-20-27(21-19-24)26-13-5-2-6-14-26/h1-6,10-11,13-14,18-21,28-31,35H,7-9,12,15-17,22-23H2,(H,34,36)(H,37,38). The molecule has 1 aliphatic rings. The summed E-state index contributed by atoms with van der Waals surface area (Å²) in [7, 11) is 0. The zero-order valence-corrected chi connectivity index (χ0v) is 22.0. The van der Waals surface area contributed by atoms with Crippen molar-refractivity contribution < 1.29 is 19.8 Å². The second-order valence-electron chi connectivity index (χ2n) is 10.5. The molecule has 38 heavy (non-hydrogen) atoms. The van der Waals surface area contributed by atoms with Gasteiger partial charge in [-0.25, -0.2) is 0 Å². The molecule has 200 valence electrons. The summed E-state index contributed by atoms with van der Waals surface area (Å²) in [5, 5.41) is 23.2. The normalized spacial score (nSPS) is 16.0. The van der Waals surface area contributed by atoms with Gasteiger partial charge < -0.3 is 15.5 Å².